The molecule has 2 N–H and O–H groups in total. The summed E-state index contributed by atoms with van der Waals surface area (Å²) in [6, 6.07) is 11.1. The van der Waals surface area contributed by atoms with Crippen LogP contribution in [0.5, 0.6) is 17.2 Å². The van der Waals surface area contributed by atoms with Crippen molar-refractivity contribution in [2.75, 3.05) is 19.8 Å². The molecule has 0 bridgehead atoms. The molecule has 2 rings (SSSR count). The van der Waals surface area contributed by atoms with Crippen molar-refractivity contribution in [2.24, 2.45) is 0 Å². The number of hydrogen-bond acceptors (Lipinski definition) is 6. The zero-order valence-corrected chi connectivity index (χ0v) is 19.4. The first-order valence-electron chi connectivity index (χ1n) is 10.3. The van der Waals surface area contributed by atoms with Crippen molar-refractivity contribution in [2.45, 2.75) is 44.8 Å². The molecule has 0 heterocycles. The third kappa shape index (κ3) is 7.10. The van der Waals surface area contributed by atoms with E-state index in [-0.39, 0.29) is 16.7 Å². The molecular formula is C23H30N2O5S. The van der Waals surface area contributed by atoms with Gasteiger partial charge < -0.3 is 14.2 Å². The van der Waals surface area contributed by atoms with Crippen molar-refractivity contribution in [1.82, 2.24) is 10.9 Å². The Labute approximate surface area is 187 Å². The number of carbonyl (C=O) groups is 2. The van der Waals surface area contributed by atoms with E-state index in [0.717, 1.165) is 10.5 Å². The van der Waals surface area contributed by atoms with E-state index in [9.17, 15) is 9.59 Å². The topological polar surface area (TPSA) is 85.9 Å². The van der Waals surface area contributed by atoms with Crippen LogP contribution in [0, 0.1) is 6.92 Å². The quantitative estimate of drug-likeness (QED) is 0.422. The fourth-order valence-corrected chi connectivity index (χ4v) is 3.55. The predicted molar refractivity (Wildman–Crippen MR) is 122 cm³/mol. The van der Waals surface area contributed by atoms with Crippen molar-refractivity contribution < 1.29 is 23.8 Å². The van der Waals surface area contributed by atoms with Crippen LogP contribution in [0.3, 0.4) is 0 Å². The van der Waals surface area contributed by atoms with Gasteiger partial charge in [0.15, 0.2) is 11.5 Å². The fourth-order valence-electron chi connectivity index (χ4n) is 2.69. The lowest BCUT2D eigenvalue weighted by molar-refractivity contribution is -0.121. The van der Waals surface area contributed by atoms with Crippen LogP contribution in [0.2, 0.25) is 0 Å². The smallest absolute Gasteiger partial charge is 0.269 e. The maximum absolute atomic E-state index is 12.7. The third-order valence-electron chi connectivity index (χ3n) is 4.17. The molecule has 0 saturated carbocycles. The van der Waals surface area contributed by atoms with E-state index < -0.39 is 5.91 Å². The second-order valence-corrected chi connectivity index (χ2v) is 8.03. The number of ether oxygens (including phenoxy) is 3. The number of rotatable bonds is 10. The highest BCUT2D eigenvalue weighted by molar-refractivity contribution is 8.00. The maximum atomic E-state index is 12.7. The molecule has 31 heavy (non-hydrogen) atoms. The molecule has 2 aromatic carbocycles. The Kier molecular flexibility index (Phi) is 9.52. The summed E-state index contributed by atoms with van der Waals surface area (Å²) in [5.41, 5.74) is 6.38. The molecular weight excluding hydrogens is 416 g/mol. The molecule has 1 unspecified atom stereocenters. The van der Waals surface area contributed by atoms with Gasteiger partial charge in [-0.25, -0.2) is 0 Å². The van der Waals surface area contributed by atoms with Crippen molar-refractivity contribution in [3.05, 3.63) is 47.5 Å². The summed E-state index contributed by atoms with van der Waals surface area (Å²) in [4.78, 5) is 26.1. The number of thioether (sulfide) groups is 1. The van der Waals surface area contributed by atoms with Crippen LogP contribution in [0.1, 0.15) is 43.6 Å². The molecule has 0 aliphatic heterocycles. The van der Waals surface area contributed by atoms with Gasteiger partial charge in [-0.15, -0.1) is 11.8 Å². The van der Waals surface area contributed by atoms with Crippen LogP contribution in [0.25, 0.3) is 0 Å². The Morgan fingerprint density at radius 2 is 1.45 bits per heavy atom. The Hall–Kier alpha value is -2.87. The zero-order chi connectivity index (χ0) is 22.8. The summed E-state index contributed by atoms with van der Waals surface area (Å²) in [7, 11) is 0. The maximum Gasteiger partial charge on any atom is 0.269 e. The normalized spacial score (nSPS) is 11.4. The van der Waals surface area contributed by atoms with Gasteiger partial charge in [0.25, 0.3) is 11.8 Å². The van der Waals surface area contributed by atoms with Gasteiger partial charge >= 0.3 is 0 Å². The highest BCUT2D eigenvalue weighted by Gasteiger charge is 2.20. The minimum Gasteiger partial charge on any atom is -0.490 e. The lowest BCUT2D eigenvalue weighted by Crippen LogP contribution is -2.44. The van der Waals surface area contributed by atoms with E-state index in [2.05, 4.69) is 10.9 Å². The predicted octanol–water partition coefficient (Wildman–Crippen LogP) is 4.13. The number of aryl methyl sites for hydroxylation is 1. The lowest BCUT2D eigenvalue weighted by atomic mass is 10.1. The summed E-state index contributed by atoms with van der Waals surface area (Å²) in [6.07, 6.45) is 0. The molecule has 1 atom stereocenters. The number of benzene rings is 2. The molecule has 168 valence electrons. The highest BCUT2D eigenvalue weighted by Crippen LogP contribution is 2.39. The van der Waals surface area contributed by atoms with Gasteiger partial charge in [0, 0.05) is 10.5 Å². The molecule has 2 aromatic rings. The van der Waals surface area contributed by atoms with E-state index in [1.807, 2.05) is 52.0 Å². The van der Waals surface area contributed by atoms with Gasteiger partial charge in [0.2, 0.25) is 5.75 Å². The first-order valence-corrected chi connectivity index (χ1v) is 11.2. The average Bonchev–Trinajstić information content (AvgIpc) is 2.75. The van der Waals surface area contributed by atoms with Gasteiger partial charge in [-0.05, 0) is 58.9 Å². The summed E-state index contributed by atoms with van der Waals surface area (Å²) >= 11 is 1.41. The average molecular weight is 447 g/mol. The van der Waals surface area contributed by atoms with E-state index in [4.69, 9.17) is 14.2 Å². The van der Waals surface area contributed by atoms with Gasteiger partial charge in [0.05, 0.1) is 25.1 Å². The van der Waals surface area contributed by atoms with Crippen LogP contribution in [0.15, 0.2) is 41.3 Å². The number of nitrogens with one attached hydrogen (secondary N) is 2. The van der Waals surface area contributed by atoms with E-state index in [1.165, 1.54) is 11.8 Å². The molecule has 0 aromatic heterocycles. The summed E-state index contributed by atoms with van der Waals surface area (Å²) < 4.78 is 16.9. The van der Waals surface area contributed by atoms with Crippen molar-refractivity contribution >= 4 is 23.6 Å². The number of hydrogen-bond donors (Lipinski definition) is 2. The van der Waals surface area contributed by atoms with Gasteiger partial charge in [-0.3, -0.25) is 20.4 Å². The van der Waals surface area contributed by atoms with Crippen LogP contribution in [-0.4, -0.2) is 36.9 Å². The molecule has 0 radical (unpaired) electrons. The molecule has 7 nitrogen and oxygen atoms in total. The minimum absolute atomic E-state index is 0.287. The lowest BCUT2D eigenvalue weighted by Gasteiger charge is -2.17. The largest absolute Gasteiger partial charge is 0.490 e. The fraction of sp³-hybridized carbons (Fsp3) is 0.391. The second kappa shape index (κ2) is 12.1. The Morgan fingerprint density at radius 3 is 1.97 bits per heavy atom. The minimum atomic E-state index is -0.481. The van der Waals surface area contributed by atoms with Gasteiger partial charge in [-0.1, -0.05) is 17.7 Å². The van der Waals surface area contributed by atoms with E-state index in [1.54, 1.807) is 19.1 Å². The number of carbonyl (C=O) groups excluding carboxylic acids is 2. The number of hydrazine groups is 1. The Balaban J connectivity index is 2.07. The van der Waals surface area contributed by atoms with Gasteiger partial charge in [-0.2, -0.15) is 0 Å². The SMILES string of the molecule is CCOc1cc(C(=O)NNC(=O)C(C)Sc2ccc(C)cc2)cc(OCC)c1OCC. The van der Waals surface area contributed by atoms with Crippen LogP contribution < -0.4 is 25.1 Å². The first kappa shape index (κ1) is 24.4. The molecule has 0 aliphatic rings. The molecule has 0 aliphatic carbocycles. The van der Waals surface area contributed by atoms with Crippen molar-refractivity contribution in [3.8, 4) is 17.2 Å². The third-order valence-corrected chi connectivity index (χ3v) is 5.29. The zero-order valence-electron chi connectivity index (χ0n) is 18.6. The standard InChI is InChI=1S/C23H30N2O5S/c1-6-28-19-13-17(14-20(29-7-2)21(19)30-8-3)23(27)25-24-22(26)16(5)31-18-11-9-15(4)10-12-18/h9-14,16H,6-8H2,1-5H3,(H,24,26)(H,25,27). The number of amides is 2. The summed E-state index contributed by atoms with van der Waals surface area (Å²) in [5.74, 6) is 0.491. The molecule has 0 fully saturated rings. The summed E-state index contributed by atoms with van der Waals surface area (Å²) in [6.45, 7) is 10.6. The molecule has 8 heteroatoms. The van der Waals surface area contributed by atoms with Crippen LogP contribution >= 0.6 is 11.8 Å². The Morgan fingerprint density at radius 1 is 0.903 bits per heavy atom. The van der Waals surface area contributed by atoms with Gasteiger partial charge in [0.1, 0.15) is 0 Å². The second-order valence-electron chi connectivity index (χ2n) is 6.62. The molecule has 2 amide bonds. The van der Waals surface area contributed by atoms with Crippen molar-refractivity contribution in [3.63, 3.8) is 0 Å². The first-order chi connectivity index (χ1) is 14.9. The van der Waals surface area contributed by atoms with E-state index >= 15 is 0 Å². The van der Waals surface area contributed by atoms with E-state index in [0.29, 0.717) is 37.1 Å². The van der Waals surface area contributed by atoms with Crippen molar-refractivity contribution in [1.29, 1.82) is 0 Å². The van der Waals surface area contributed by atoms with Crippen LogP contribution in [-0.2, 0) is 4.79 Å². The molecule has 0 saturated heterocycles. The Bertz CT molecular complexity index is 859. The molecule has 0 spiro atoms. The summed E-state index contributed by atoms with van der Waals surface area (Å²) in [5, 5.41) is -0.388. The monoisotopic (exact) mass is 446 g/mol. The highest BCUT2D eigenvalue weighted by atomic mass is 32.2. The van der Waals surface area contributed by atoms with Crippen LogP contribution in [0.4, 0.5) is 0 Å².